The predicted octanol–water partition coefficient (Wildman–Crippen LogP) is 5.43. The van der Waals surface area contributed by atoms with Crippen LogP contribution in [0.2, 0.25) is 20.1 Å². The van der Waals surface area contributed by atoms with Gasteiger partial charge in [-0.05, 0) is 0 Å². The molecule has 0 spiro atoms. The van der Waals surface area contributed by atoms with Crippen LogP contribution < -0.4 is 0 Å². The standard InChI is InChI=1S/C8Cl4F4O/c9-3-1-2(4(10)6(12)5(3)11)8(15,16)17-7(1,13)14. The van der Waals surface area contributed by atoms with E-state index in [0.717, 1.165) is 0 Å². The lowest BCUT2D eigenvalue weighted by molar-refractivity contribution is -0.369. The highest BCUT2D eigenvalue weighted by Crippen LogP contribution is 2.58. The van der Waals surface area contributed by atoms with Gasteiger partial charge in [0.15, 0.2) is 0 Å². The maximum absolute atomic E-state index is 13.2. The Hall–Kier alpha value is 0.0600. The summed E-state index contributed by atoms with van der Waals surface area (Å²) in [6.45, 7) is 0. The summed E-state index contributed by atoms with van der Waals surface area (Å²) in [4.78, 5) is 0. The van der Waals surface area contributed by atoms with Gasteiger partial charge < -0.3 is 0 Å². The van der Waals surface area contributed by atoms with Crippen molar-refractivity contribution in [3.63, 3.8) is 0 Å². The molecule has 1 aromatic carbocycles. The van der Waals surface area contributed by atoms with Crippen LogP contribution in [0, 0.1) is 0 Å². The number of benzene rings is 1. The fourth-order valence-electron chi connectivity index (χ4n) is 1.44. The number of hydrogen-bond donors (Lipinski definition) is 0. The summed E-state index contributed by atoms with van der Waals surface area (Å²) in [6, 6.07) is 0. The molecule has 1 aromatic rings. The molecule has 0 saturated heterocycles. The molecule has 0 aromatic heterocycles. The van der Waals surface area contributed by atoms with Gasteiger partial charge in [-0.25, -0.2) is 4.74 Å². The molecule has 0 N–H and O–H groups in total. The molecule has 1 nitrogen and oxygen atoms in total. The molecule has 1 heterocycles. The molecule has 17 heavy (non-hydrogen) atoms. The normalized spacial score (nSPS) is 20.5. The van der Waals surface area contributed by atoms with E-state index in [2.05, 4.69) is 4.74 Å². The highest BCUT2D eigenvalue weighted by atomic mass is 35.5. The number of ether oxygens (including phenoxy) is 1. The number of fused-ring (bicyclic) bond motifs is 1. The Morgan fingerprint density at radius 2 is 0.941 bits per heavy atom. The van der Waals surface area contributed by atoms with E-state index in [4.69, 9.17) is 46.4 Å². The summed E-state index contributed by atoms with van der Waals surface area (Å²) in [7, 11) is 0. The maximum atomic E-state index is 13.2. The molecule has 2 rings (SSSR count). The van der Waals surface area contributed by atoms with Gasteiger partial charge in [-0.15, -0.1) is 0 Å². The van der Waals surface area contributed by atoms with Gasteiger partial charge in [0.1, 0.15) is 0 Å². The first-order valence-electron chi connectivity index (χ1n) is 3.92. The molecule has 0 unspecified atom stereocenters. The van der Waals surface area contributed by atoms with E-state index < -0.39 is 43.4 Å². The lowest BCUT2D eigenvalue weighted by Crippen LogP contribution is -2.18. The highest BCUT2D eigenvalue weighted by molar-refractivity contribution is 6.52. The van der Waals surface area contributed by atoms with E-state index in [1.165, 1.54) is 0 Å². The van der Waals surface area contributed by atoms with Crippen LogP contribution >= 0.6 is 46.4 Å². The summed E-state index contributed by atoms with van der Waals surface area (Å²) in [5.41, 5.74) is -2.52. The zero-order chi connectivity index (χ0) is 13.2. The van der Waals surface area contributed by atoms with Crippen LogP contribution in [0.1, 0.15) is 11.1 Å². The molecule has 94 valence electrons. The smallest absolute Gasteiger partial charge is 0.247 e. The van der Waals surface area contributed by atoms with Gasteiger partial charge in [0, 0.05) is 0 Å². The van der Waals surface area contributed by atoms with E-state index in [1.54, 1.807) is 0 Å². The summed E-state index contributed by atoms with van der Waals surface area (Å²) in [5, 5.41) is -2.67. The first kappa shape index (κ1) is 13.5. The van der Waals surface area contributed by atoms with Crippen molar-refractivity contribution in [1.82, 2.24) is 0 Å². The van der Waals surface area contributed by atoms with Crippen LogP contribution in [0.25, 0.3) is 0 Å². The summed E-state index contributed by atoms with van der Waals surface area (Å²) in [5.74, 6) is 0. The molecular formula is C8Cl4F4O. The first-order valence-corrected chi connectivity index (χ1v) is 5.43. The Labute approximate surface area is 112 Å². The Bertz CT molecular complexity index is 472. The SMILES string of the molecule is FC1(F)OC(F)(F)c2c(Cl)c(Cl)c(Cl)c(Cl)c21. The minimum atomic E-state index is -4.28. The van der Waals surface area contributed by atoms with E-state index in [-0.39, 0.29) is 0 Å². The van der Waals surface area contributed by atoms with Crippen molar-refractivity contribution < 1.29 is 22.3 Å². The highest BCUT2D eigenvalue weighted by Gasteiger charge is 2.60. The maximum Gasteiger partial charge on any atom is 0.390 e. The molecule has 0 aliphatic carbocycles. The minimum absolute atomic E-state index is 0.530. The van der Waals surface area contributed by atoms with Crippen LogP contribution in [0.3, 0.4) is 0 Å². The third kappa shape index (κ3) is 1.79. The Morgan fingerprint density at radius 1 is 0.647 bits per heavy atom. The molecule has 0 fully saturated rings. The van der Waals surface area contributed by atoms with E-state index in [0.29, 0.717) is 0 Å². The van der Waals surface area contributed by atoms with Crippen molar-refractivity contribution in [3.8, 4) is 0 Å². The number of rotatable bonds is 0. The van der Waals surface area contributed by atoms with Crippen LogP contribution in [0.15, 0.2) is 0 Å². The topological polar surface area (TPSA) is 9.23 Å². The lowest BCUT2D eigenvalue weighted by Gasteiger charge is -2.11. The van der Waals surface area contributed by atoms with Gasteiger partial charge >= 0.3 is 12.2 Å². The van der Waals surface area contributed by atoms with Gasteiger partial charge in [-0.2, -0.15) is 17.6 Å². The van der Waals surface area contributed by atoms with Crippen molar-refractivity contribution in [2.75, 3.05) is 0 Å². The minimum Gasteiger partial charge on any atom is -0.247 e. The second-order valence-corrected chi connectivity index (χ2v) is 4.65. The molecule has 0 amide bonds. The summed E-state index contributed by atoms with van der Waals surface area (Å²) >= 11 is 21.9. The molecule has 0 radical (unpaired) electrons. The third-order valence-corrected chi connectivity index (χ3v) is 3.91. The summed E-state index contributed by atoms with van der Waals surface area (Å²) in [6.07, 6.45) is -8.57. The van der Waals surface area contributed by atoms with E-state index in [9.17, 15) is 17.6 Å². The Morgan fingerprint density at radius 3 is 1.24 bits per heavy atom. The quantitative estimate of drug-likeness (QED) is 0.350. The molecule has 0 saturated carbocycles. The van der Waals surface area contributed by atoms with Crippen LogP contribution in [-0.4, -0.2) is 0 Å². The molecular weight excluding hydrogens is 330 g/mol. The second-order valence-electron chi connectivity index (χ2n) is 3.14. The monoisotopic (exact) mass is 328 g/mol. The van der Waals surface area contributed by atoms with Crippen molar-refractivity contribution in [1.29, 1.82) is 0 Å². The summed E-state index contributed by atoms with van der Waals surface area (Å²) < 4.78 is 56.3. The molecule has 0 bridgehead atoms. The van der Waals surface area contributed by atoms with Gasteiger partial charge in [0.05, 0.1) is 31.2 Å². The average molecular weight is 330 g/mol. The first-order chi connectivity index (χ1) is 7.59. The van der Waals surface area contributed by atoms with Crippen molar-refractivity contribution >= 4 is 46.4 Å². The third-order valence-electron chi connectivity index (χ3n) is 2.11. The Balaban J connectivity index is 2.92. The number of alkyl halides is 4. The predicted molar refractivity (Wildman–Crippen MR) is 55.4 cm³/mol. The van der Waals surface area contributed by atoms with E-state index in [1.807, 2.05) is 0 Å². The fraction of sp³-hybridized carbons (Fsp3) is 0.250. The molecule has 1 aliphatic rings. The van der Waals surface area contributed by atoms with Gasteiger partial charge in [0.2, 0.25) is 0 Å². The zero-order valence-electron chi connectivity index (χ0n) is 7.43. The number of halogens is 8. The molecule has 9 heteroatoms. The van der Waals surface area contributed by atoms with Crippen LogP contribution in [0.5, 0.6) is 0 Å². The van der Waals surface area contributed by atoms with Crippen molar-refractivity contribution in [2.24, 2.45) is 0 Å². The van der Waals surface area contributed by atoms with Crippen molar-refractivity contribution in [2.45, 2.75) is 12.2 Å². The molecule has 0 atom stereocenters. The Kier molecular flexibility index (Phi) is 3.00. The van der Waals surface area contributed by atoms with Gasteiger partial charge in [0.25, 0.3) is 0 Å². The van der Waals surface area contributed by atoms with Gasteiger partial charge in [-0.1, -0.05) is 46.4 Å². The number of hydrogen-bond acceptors (Lipinski definition) is 1. The second kappa shape index (κ2) is 3.78. The van der Waals surface area contributed by atoms with Crippen LogP contribution in [0.4, 0.5) is 17.6 Å². The lowest BCUT2D eigenvalue weighted by atomic mass is 10.1. The zero-order valence-corrected chi connectivity index (χ0v) is 10.5. The molecule has 1 aliphatic heterocycles. The fourth-order valence-corrected chi connectivity index (χ4v) is 2.51. The van der Waals surface area contributed by atoms with E-state index >= 15 is 0 Å². The average Bonchev–Trinajstić information content (AvgIpc) is 2.36. The van der Waals surface area contributed by atoms with Crippen molar-refractivity contribution in [3.05, 3.63) is 31.2 Å². The van der Waals surface area contributed by atoms with Crippen LogP contribution in [-0.2, 0) is 17.0 Å². The largest absolute Gasteiger partial charge is 0.390 e. The van der Waals surface area contributed by atoms with Gasteiger partial charge in [-0.3, -0.25) is 0 Å².